The molecule has 102 valence electrons. The minimum atomic E-state index is -3.81. The van der Waals surface area contributed by atoms with Crippen molar-refractivity contribution in [1.29, 1.82) is 0 Å². The van der Waals surface area contributed by atoms with Crippen LogP contribution < -0.4 is 15.8 Å². The molecule has 1 atom stereocenters. The fraction of sp³-hybridized carbons (Fsp3) is 0.455. The third-order valence-electron chi connectivity index (χ3n) is 2.74. The molecule has 18 heavy (non-hydrogen) atoms. The molecule has 0 aromatic heterocycles. The van der Waals surface area contributed by atoms with Gasteiger partial charge in [0.1, 0.15) is 4.90 Å². The summed E-state index contributed by atoms with van der Waals surface area (Å²) in [4.78, 5) is 1.82. The number of likely N-dealkylation sites (N-methyl/N-ethyl adjacent to an activating group) is 1. The summed E-state index contributed by atoms with van der Waals surface area (Å²) in [5.74, 6) is 0. The van der Waals surface area contributed by atoms with Crippen LogP contribution in [0.4, 0.5) is 11.4 Å². The van der Waals surface area contributed by atoms with Gasteiger partial charge in [-0.2, -0.15) is 0 Å². The first kappa shape index (κ1) is 14.7. The zero-order valence-electron chi connectivity index (χ0n) is 10.8. The lowest BCUT2D eigenvalue weighted by molar-refractivity contribution is 0.183. The number of hydrogen-bond acceptors (Lipinski definition) is 5. The minimum Gasteiger partial charge on any atom is -0.399 e. The van der Waals surface area contributed by atoms with Gasteiger partial charge in [0.15, 0.2) is 0 Å². The highest BCUT2D eigenvalue weighted by atomic mass is 32.2. The molecule has 0 heterocycles. The number of anilines is 2. The van der Waals surface area contributed by atoms with E-state index in [1.54, 1.807) is 31.2 Å². The minimum absolute atomic E-state index is 0.0131. The summed E-state index contributed by atoms with van der Waals surface area (Å²) in [7, 11) is -0.439. The van der Waals surface area contributed by atoms with E-state index in [2.05, 4.69) is 0 Å². The van der Waals surface area contributed by atoms with Crippen LogP contribution in [0.1, 0.15) is 6.92 Å². The van der Waals surface area contributed by atoms with Crippen molar-refractivity contribution in [2.75, 3.05) is 31.4 Å². The van der Waals surface area contributed by atoms with Crippen molar-refractivity contribution < 1.29 is 13.2 Å². The number of ether oxygens (including phenoxy) is 1. The highest BCUT2D eigenvalue weighted by Gasteiger charge is 2.20. The van der Waals surface area contributed by atoms with Crippen molar-refractivity contribution in [3.63, 3.8) is 0 Å². The molecular weight excluding hydrogens is 254 g/mol. The number of hydrogen-bond donors (Lipinski definition) is 2. The van der Waals surface area contributed by atoms with E-state index in [-0.39, 0.29) is 10.9 Å². The number of rotatable bonds is 5. The first-order valence-electron chi connectivity index (χ1n) is 5.41. The van der Waals surface area contributed by atoms with E-state index in [0.717, 1.165) is 0 Å². The molecule has 1 aromatic carbocycles. The summed E-state index contributed by atoms with van der Waals surface area (Å²) in [6, 6.07) is 4.65. The maximum absolute atomic E-state index is 11.6. The van der Waals surface area contributed by atoms with Crippen LogP contribution in [-0.2, 0) is 14.8 Å². The van der Waals surface area contributed by atoms with Crippen molar-refractivity contribution in [2.45, 2.75) is 17.9 Å². The number of benzene rings is 1. The van der Waals surface area contributed by atoms with Gasteiger partial charge in [-0.15, -0.1) is 0 Å². The summed E-state index contributed by atoms with van der Waals surface area (Å²) in [5, 5.41) is 5.20. The number of sulfonamides is 1. The maximum Gasteiger partial charge on any atom is 0.240 e. The Kier molecular flexibility index (Phi) is 4.55. The zero-order chi connectivity index (χ0) is 13.9. The lowest BCUT2D eigenvalue weighted by Crippen LogP contribution is -2.34. The van der Waals surface area contributed by atoms with E-state index >= 15 is 0 Å². The molecule has 1 unspecified atom stereocenters. The molecule has 4 N–H and O–H groups in total. The fourth-order valence-corrected chi connectivity index (χ4v) is 2.44. The van der Waals surface area contributed by atoms with E-state index in [1.165, 1.54) is 6.07 Å². The van der Waals surface area contributed by atoms with Gasteiger partial charge in [0, 0.05) is 25.9 Å². The Morgan fingerprint density at radius 3 is 2.56 bits per heavy atom. The molecule has 0 aliphatic heterocycles. The number of nitrogens with zero attached hydrogens (tertiary/aromatic N) is 1. The molecule has 7 heteroatoms. The Hall–Kier alpha value is -1.31. The summed E-state index contributed by atoms with van der Waals surface area (Å²) in [6.07, 6.45) is 0. The molecule has 0 aliphatic rings. The van der Waals surface area contributed by atoms with Gasteiger partial charge in [0.25, 0.3) is 0 Å². The second kappa shape index (κ2) is 5.55. The van der Waals surface area contributed by atoms with E-state index in [1.807, 2.05) is 6.92 Å². The van der Waals surface area contributed by atoms with Crippen LogP contribution in [0.3, 0.4) is 0 Å². The molecule has 0 saturated heterocycles. The Bertz CT molecular complexity index is 516. The lowest BCUT2D eigenvalue weighted by Gasteiger charge is -2.28. The van der Waals surface area contributed by atoms with Crippen LogP contribution in [-0.4, -0.2) is 35.2 Å². The average Bonchev–Trinajstić information content (AvgIpc) is 2.27. The van der Waals surface area contributed by atoms with Crippen LogP contribution in [0.5, 0.6) is 0 Å². The van der Waals surface area contributed by atoms with Gasteiger partial charge in [0.05, 0.1) is 12.3 Å². The van der Waals surface area contributed by atoms with Crippen molar-refractivity contribution in [2.24, 2.45) is 5.14 Å². The maximum atomic E-state index is 11.6. The third-order valence-corrected chi connectivity index (χ3v) is 3.68. The molecule has 6 nitrogen and oxygen atoms in total. The molecule has 0 saturated carbocycles. The Labute approximate surface area is 108 Å². The summed E-state index contributed by atoms with van der Waals surface area (Å²) in [5.41, 5.74) is 6.46. The SMILES string of the molecule is COCC(C)N(C)c1ccc(N)cc1S(N)(=O)=O. The molecule has 0 amide bonds. The first-order chi connectivity index (χ1) is 8.27. The fourth-order valence-electron chi connectivity index (χ4n) is 1.64. The molecule has 0 radical (unpaired) electrons. The monoisotopic (exact) mass is 273 g/mol. The number of nitrogens with two attached hydrogens (primary N) is 2. The van der Waals surface area contributed by atoms with Gasteiger partial charge >= 0.3 is 0 Å². The van der Waals surface area contributed by atoms with E-state index < -0.39 is 10.0 Å². The molecule has 0 fully saturated rings. The second-order valence-corrected chi connectivity index (χ2v) is 5.72. The van der Waals surface area contributed by atoms with Gasteiger partial charge in [-0.3, -0.25) is 0 Å². The van der Waals surface area contributed by atoms with Gasteiger partial charge < -0.3 is 15.4 Å². The van der Waals surface area contributed by atoms with Crippen LogP contribution in [0, 0.1) is 0 Å². The van der Waals surface area contributed by atoms with Crippen molar-refractivity contribution in [1.82, 2.24) is 0 Å². The number of nitrogen functional groups attached to an aromatic ring is 1. The molecule has 0 bridgehead atoms. The smallest absolute Gasteiger partial charge is 0.240 e. The van der Waals surface area contributed by atoms with Crippen LogP contribution in [0.2, 0.25) is 0 Å². The Balaban J connectivity index is 3.24. The van der Waals surface area contributed by atoms with Crippen molar-refractivity contribution >= 4 is 21.4 Å². The highest BCUT2D eigenvalue weighted by molar-refractivity contribution is 7.89. The molecule has 0 spiro atoms. The lowest BCUT2D eigenvalue weighted by atomic mass is 10.2. The molecular formula is C11H19N3O3S. The van der Waals surface area contributed by atoms with Gasteiger partial charge in [-0.05, 0) is 25.1 Å². The molecule has 0 aliphatic carbocycles. The number of primary sulfonamides is 1. The molecule has 1 aromatic rings. The predicted octanol–water partition coefficient (Wildman–Crippen LogP) is 0.387. The molecule has 1 rings (SSSR count). The predicted molar refractivity (Wildman–Crippen MR) is 72.0 cm³/mol. The topological polar surface area (TPSA) is 98.7 Å². The van der Waals surface area contributed by atoms with Crippen LogP contribution in [0.15, 0.2) is 23.1 Å². The Morgan fingerprint density at radius 1 is 1.44 bits per heavy atom. The van der Waals surface area contributed by atoms with Crippen molar-refractivity contribution in [3.05, 3.63) is 18.2 Å². The average molecular weight is 273 g/mol. The normalized spacial score (nSPS) is 13.3. The van der Waals surface area contributed by atoms with Crippen LogP contribution >= 0.6 is 0 Å². The van der Waals surface area contributed by atoms with Crippen LogP contribution in [0.25, 0.3) is 0 Å². The van der Waals surface area contributed by atoms with Gasteiger partial charge in [-0.1, -0.05) is 0 Å². The highest BCUT2D eigenvalue weighted by Crippen LogP contribution is 2.27. The summed E-state index contributed by atoms with van der Waals surface area (Å²) in [6.45, 7) is 2.40. The largest absolute Gasteiger partial charge is 0.399 e. The zero-order valence-corrected chi connectivity index (χ0v) is 11.6. The number of methoxy groups -OCH3 is 1. The van der Waals surface area contributed by atoms with E-state index in [9.17, 15) is 8.42 Å². The van der Waals surface area contributed by atoms with Gasteiger partial charge in [-0.25, -0.2) is 13.6 Å². The summed E-state index contributed by atoms with van der Waals surface area (Å²) < 4.78 is 28.2. The second-order valence-electron chi connectivity index (χ2n) is 4.19. The quantitative estimate of drug-likeness (QED) is 0.756. The van der Waals surface area contributed by atoms with E-state index in [4.69, 9.17) is 15.6 Å². The standard InChI is InChI=1S/C11H19N3O3S/c1-8(7-17-3)14(2)10-5-4-9(12)6-11(10)18(13,15)16/h4-6,8H,7,12H2,1-3H3,(H2,13,15,16). The Morgan fingerprint density at radius 2 is 2.06 bits per heavy atom. The van der Waals surface area contributed by atoms with Gasteiger partial charge in [0.2, 0.25) is 10.0 Å². The third kappa shape index (κ3) is 3.34. The van der Waals surface area contributed by atoms with E-state index in [0.29, 0.717) is 18.0 Å². The van der Waals surface area contributed by atoms with Crippen molar-refractivity contribution in [3.8, 4) is 0 Å². The summed E-state index contributed by atoms with van der Waals surface area (Å²) >= 11 is 0. The first-order valence-corrected chi connectivity index (χ1v) is 6.96.